The number of aryl methyl sites for hydroxylation is 1. The smallest absolute Gasteiger partial charge is 0.259 e. The van der Waals surface area contributed by atoms with E-state index >= 15 is 0 Å². The fourth-order valence-electron chi connectivity index (χ4n) is 5.73. The van der Waals surface area contributed by atoms with Gasteiger partial charge in [0.1, 0.15) is 11.8 Å². The van der Waals surface area contributed by atoms with E-state index in [1.807, 2.05) is 11.8 Å². The average Bonchev–Trinajstić information content (AvgIpc) is 3.41. The van der Waals surface area contributed by atoms with Crippen LogP contribution in [0.15, 0.2) is 35.1 Å². The van der Waals surface area contributed by atoms with Crippen LogP contribution in [0.25, 0.3) is 0 Å². The maximum Gasteiger partial charge on any atom is 0.259 e. The molecular formula is C23H29N3O2. The lowest BCUT2D eigenvalue weighted by Crippen LogP contribution is -2.47. The van der Waals surface area contributed by atoms with Gasteiger partial charge >= 0.3 is 0 Å². The molecule has 1 aromatic heterocycles. The van der Waals surface area contributed by atoms with E-state index in [9.17, 15) is 4.79 Å². The van der Waals surface area contributed by atoms with Crippen LogP contribution < -0.4 is 0 Å². The Bertz CT molecular complexity index is 860. The van der Waals surface area contributed by atoms with Gasteiger partial charge in [-0.2, -0.15) is 0 Å². The van der Waals surface area contributed by atoms with Gasteiger partial charge in [0, 0.05) is 19.1 Å². The van der Waals surface area contributed by atoms with Gasteiger partial charge in [0.2, 0.25) is 0 Å². The maximum absolute atomic E-state index is 12.8. The number of hydrogen-bond donors (Lipinski definition) is 0. The average molecular weight is 380 g/mol. The van der Waals surface area contributed by atoms with Crippen LogP contribution in [0.5, 0.6) is 0 Å². The largest absolute Gasteiger partial charge is 0.364 e. The first-order valence-electron chi connectivity index (χ1n) is 10.7. The van der Waals surface area contributed by atoms with Crippen LogP contribution in [0.4, 0.5) is 0 Å². The second-order valence-electron chi connectivity index (χ2n) is 8.77. The highest BCUT2D eigenvalue weighted by Crippen LogP contribution is 2.50. The monoisotopic (exact) mass is 379 g/mol. The summed E-state index contributed by atoms with van der Waals surface area (Å²) in [7, 11) is 0. The SMILES string of the molecule is Cc1nocc1C(=O)N1CCC2(CCC(N3CCCC3)c3ccccc32)CC1. The molecule has 0 radical (unpaired) electrons. The molecule has 0 bridgehead atoms. The minimum Gasteiger partial charge on any atom is -0.364 e. The molecule has 148 valence electrons. The third kappa shape index (κ3) is 2.87. The normalized spacial score (nSPS) is 24.5. The van der Waals surface area contributed by atoms with Crippen molar-refractivity contribution in [2.75, 3.05) is 26.2 Å². The van der Waals surface area contributed by atoms with Crippen molar-refractivity contribution in [2.24, 2.45) is 0 Å². The van der Waals surface area contributed by atoms with Gasteiger partial charge in [0.25, 0.3) is 5.91 Å². The summed E-state index contributed by atoms with van der Waals surface area (Å²) in [5.41, 5.74) is 4.61. The van der Waals surface area contributed by atoms with Gasteiger partial charge in [0.05, 0.1) is 5.69 Å². The fraction of sp³-hybridized carbons (Fsp3) is 0.565. The minimum atomic E-state index is 0.0626. The predicted molar refractivity (Wildman–Crippen MR) is 107 cm³/mol. The van der Waals surface area contributed by atoms with Crippen LogP contribution in [0.1, 0.15) is 71.7 Å². The molecule has 0 saturated carbocycles. The number of carbonyl (C=O) groups excluding carboxylic acids is 1. The van der Waals surface area contributed by atoms with Crippen molar-refractivity contribution >= 4 is 5.91 Å². The summed E-state index contributed by atoms with van der Waals surface area (Å²) in [5, 5.41) is 3.86. The standard InChI is InChI=1S/C23H29N3O2/c1-17-19(16-28-24-17)22(27)26-14-10-23(11-15-26)9-8-21(25-12-4-5-13-25)18-6-2-3-7-20(18)23/h2-3,6-7,16,21H,4-5,8-15H2,1H3. The molecule has 3 aliphatic rings. The number of rotatable bonds is 2. The quantitative estimate of drug-likeness (QED) is 0.789. The second kappa shape index (κ2) is 7.03. The van der Waals surface area contributed by atoms with E-state index in [1.165, 1.54) is 45.0 Å². The summed E-state index contributed by atoms with van der Waals surface area (Å²) < 4.78 is 4.97. The Labute approximate surface area is 166 Å². The van der Waals surface area contributed by atoms with Gasteiger partial charge in [-0.15, -0.1) is 0 Å². The number of hydrogen-bond acceptors (Lipinski definition) is 4. The van der Waals surface area contributed by atoms with Gasteiger partial charge in [0.15, 0.2) is 0 Å². The van der Waals surface area contributed by atoms with Gasteiger partial charge in [-0.05, 0) is 75.1 Å². The Hall–Kier alpha value is -2.14. The van der Waals surface area contributed by atoms with E-state index in [-0.39, 0.29) is 11.3 Å². The number of benzene rings is 1. The van der Waals surface area contributed by atoms with E-state index in [0.717, 1.165) is 25.9 Å². The molecule has 1 unspecified atom stereocenters. The lowest BCUT2D eigenvalue weighted by atomic mass is 9.63. The van der Waals surface area contributed by atoms with Crippen molar-refractivity contribution < 1.29 is 9.32 Å². The topological polar surface area (TPSA) is 49.6 Å². The van der Waals surface area contributed by atoms with Crippen molar-refractivity contribution in [1.82, 2.24) is 15.0 Å². The van der Waals surface area contributed by atoms with Gasteiger partial charge in [-0.1, -0.05) is 29.4 Å². The molecule has 2 fully saturated rings. The van der Waals surface area contributed by atoms with Crippen LogP contribution >= 0.6 is 0 Å². The summed E-state index contributed by atoms with van der Waals surface area (Å²) in [6, 6.07) is 9.71. The first kappa shape index (κ1) is 17.9. The van der Waals surface area contributed by atoms with E-state index in [4.69, 9.17) is 4.52 Å². The highest BCUT2D eigenvalue weighted by molar-refractivity contribution is 5.94. The molecule has 2 aromatic rings. The summed E-state index contributed by atoms with van der Waals surface area (Å²) in [6.45, 7) is 5.94. The van der Waals surface area contributed by atoms with Crippen LogP contribution in [0, 0.1) is 6.92 Å². The Kier molecular flexibility index (Phi) is 4.50. The third-order valence-corrected chi connectivity index (χ3v) is 7.36. The number of amides is 1. The van der Waals surface area contributed by atoms with E-state index in [1.54, 1.807) is 11.1 Å². The van der Waals surface area contributed by atoms with Crippen molar-refractivity contribution in [2.45, 2.75) is 56.9 Å². The van der Waals surface area contributed by atoms with Gasteiger partial charge in [-0.3, -0.25) is 9.69 Å². The highest BCUT2D eigenvalue weighted by atomic mass is 16.5. The Balaban J connectivity index is 1.37. The first-order valence-corrected chi connectivity index (χ1v) is 10.7. The molecule has 2 aliphatic heterocycles. The molecule has 1 amide bonds. The lowest BCUT2D eigenvalue weighted by molar-refractivity contribution is 0.0631. The molecule has 28 heavy (non-hydrogen) atoms. The second-order valence-corrected chi connectivity index (χ2v) is 8.77. The van der Waals surface area contributed by atoms with E-state index in [0.29, 0.717) is 17.3 Å². The number of piperidine rings is 1. The molecule has 5 nitrogen and oxygen atoms in total. The molecule has 1 atom stereocenters. The molecule has 1 spiro atoms. The summed E-state index contributed by atoms with van der Waals surface area (Å²) in [4.78, 5) is 17.5. The zero-order valence-corrected chi connectivity index (χ0v) is 16.7. The summed E-state index contributed by atoms with van der Waals surface area (Å²) in [6.07, 6.45) is 8.74. The zero-order chi connectivity index (χ0) is 19.1. The Morgan fingerprint density at radius 2 is 1.86 bits per heavy atom. The Morgan fingerprint density at radius 3 is 2.57 bits per heavy atom. The number of fused-ring (bicyclic) bond motifs is 2. The van der Waals surface area contributed by atoms with Gasteiger partial charge < -0.3 is 9.42 Å². The maximum atomic E-state index is 12.8. The number of carbonyl (C=O) groups is 1. The van der Waals surface area contributed by atoms with E-state index < -0.39 is 0 Å². The predicted octanol–water partition coefficient (Wildman–Crippen LogP) is 4.09. The molecule has 5 rings (SSSR count). The minimum absolute atomic E-state index is 0.0626. The fourth-order valence-corrected chi connectivity index (χ4v) is 5.73. The van der Waals surface area contributed by atoms with Crippen molar-refractivity contribution in [1.29, 1.82) is 0 Å². The highest BCUT2D eigenvalue weighted by Gasteiger charge is 2.44. The molecular weight excluding hydrogens is 350 g/mol. The van der Waals surface area contributed by atoms with Crippen molar-refractivity contribution in [3.8, 4) is 0 Å². The zero-order valence-electron chi connectivity index (χ0n) is 16.7. The van der Waals surface area contributed by atoms with Crippen LogP contribution in [0.2, 0.25) is 0 Å². The number of aromatic nitrogens is 1. The molecule has 1 aromatic carbocycles. The van der Waals surface area contributed by atoms with Crippen LogP contribution in [-0.4, -0.2) is 47.0 Å². The first-order chi connectivity index (χ1) is 13.7. The molecule has 2 saturated heterocycles. The van der Waals surface area contributed by atoms with Gasteiger partial charge in [-0.25, -0.2) is 0 Å². The summed E-state index contributed by atoms with van der Waals surface area (Å²) >= 11 is 0. The van der Waals surface area contributed by atoms with Crippen LogP contribution in [-0.2, 0) is 5.41 Å². The molecule has 3 heterocycles. The molecule has 1 aliphatic carbocycles. The lowest BCUT2D eigenvalue weighted by Gasteiger charge is -2.48. The van der Waals surface area contributed by atoms with Crippen molar-refractivity contribution in [3.05, 3.63) is 52.9 Å². The molecule has 5 heteroatoms. The van der Waals surface area contributed by atoms with Crippen molar-refractivity contribution in [3.63, 3.8) is 0 Å². The molecule has 0 N–H and O–H groups in total. The Morgan fingerprint density at radius 1 is 1.11 bits per heavy atom. The summed E-state index contributed by atoms with van der Waals surface area (Å²) in [5.74, 6) is 0.0626. The number of likely N-dealkylation sites (tertiary alicyclic amines) is 2. The number of nitrogens with zero attached hydrogens (tertiary/aromatic N) is 3. The van der Waals surface area contributed by atoms with E-state index in [2.05, 4.69) is 34.3 Å². The van der Waals surface area contributed by atoms with Crippen LogP contribution in [0.3, 0.4) is 0 Å². The third-order valence-electron chi connectivity index (χ3n) is 7.36.